The van der Waals surface area contributed by atoms with E-state index in [2.05, 4.69) is 4.72 Å². The zero-order valence-electron chi connectivity index (χ0n) is 11.8. The van der Waals surface area contributed by atoms with Gasteiger partial charge in [-0.15, -0.1) is 0 Å². The van der Waals surface area contributed by atoms with Crippen LogP contribution in [0.4, 0.5) is 4.39 Å². The minimum atomic E-state index is -3.32. The van der Waals surface area contributed by atoms with E-state index in [1.165, 1.54) is 12.1 Å². The summed E-state index contributed by atoms with van der Waals surface area (Å²) in [6.45, 7) is 0.878. The highest BCUT2D eigenvalue weighted by atomic mass is 32.2. The van der Waals surface area contributed by atoms with Gasteiger partial charge >= 0.3 is 0 Å². The normalized spacial score (nSPS) is 26.7. The fourth-order valence-electron chi connectivity index (χ4n) is 2.86. The Labute approximate surface area is 124 Å². The second-order valence-electron chi connectivity index (χ2n) is 5.93. The van der Waals surface area contributed by atoms with Gasteiger partial charge in [0.25, 0.3) is 0 Å². The highest BCUT2D eigenvalue weighted by Crippen LogP contribution is 2.28. The lowest BCUT2D eigenvalue weighted by Gasteiger charge is -2.31. The van der Waals surface area contributed by atoms with Crippen LogP contribution >= 0.6 is 0 Å². The Morgan fingerprint density at radius 1 is 1.29 bits per heavy atom. The predicted molar refractivity (Wildman–Crippen MR) is 77.9 cm³/mol. The van der Waals surface area contributed by atoms with E-state index >= 15 is 0 Å². The van der Waals surface area contributed by atoms with Gasteiger partial charge in [-0.3, -0.25) is 0 Å². The molecule has 0 amide bonds. The van der Waals surface area contributed by atoms with E-state index in [1.807, 2.05) is 6.07 Å². The molecule has 6 heteroatoms. The Morgan fingerprint density at radius 2 is 2.10 bits per heavy atom. The summed E-state index contributed by atoms with van der Waals surface area (Å²) in [5, 5.41) is -0.449. The molecule has 2 atom stereocenters. The zero-order valence-corrected chi connectivity index (χ0v) is 12.6. The number of hydrogen-bond donors (Lipinski definition) is 1. The van der Waals surface area contributed by atoms with Gasteiger partial charge in [0.1, 0.15) is 5.82 Å². The molecule has 3 rings (SSSR count). The highest BCUT2D eigenvalue weighted by molar-refractivity contribution is 7.90. The summed E-state index contributed by atoms with van der Waals surface area (Å²) in [6, 6.07) is 6.46. The first-order valence-corrected chi connectivity index (χ1v) is 8.92. The minimum absolute atomic E-state index is 0.118. The van der Waals surface area contributed by atoms with Crippen LogP contribution in [0, 0.1) is 11.7 Å². The van der Waals surface area contributed by atoms with Gasteiger partial charge in [-0.2, -0.15) is 0 Å². The van der Waals surface area contributed by atoms with Crippen LogP contribution in [0.3, 0.4) is 0 Å². The van der Waals surface area contributed by atoms with Crippen LogP contribution < -0.4 is 4.72 Å². The van der Waals surface area contributed by atoms with Crippen LogP contribution in [0.1, 0.15) is 24.8 Å². The number of halogens is 1. The van der Waals surface area contributed by atoms with Crippen molar-refractivity contribution in [3.05, 3.63) is 35.6 Å². The molecule has 2 aliphatic rings. The maximum atomic E-state index is 13.3. The van der Waals surface area contributed by atoms with Gasteiger partial charge in [0.15, 0.2) is 0 Å². The molecular formula is C15H20FNO3S. The molecule has 1 aromatic rings. The largest absolute Gasteiger partial charge is 0.381 e. The van der Waals surface area contributed by atoms with Crippen molar-refractivity contribution in [2.45, 2.75) is 37.0 Å². The van der Waals surface area contributed by atoms with Crippen molar-refractivity contribution in [1.29, 1.82) is 0 Å². The third-order valence-electron chi connectivity index (χ3n) is 4.10. The van der Waals surface area contributed by atoms with Gasteiger partial charge in [-0.05, 0) is 43.4 Å². The molecule has 1 saturated heterocycles. The standard InChI is InChI=1S/C15H20FNO3S/c16-13-3-1-2-11(9-13)8-12-10-20-7-6-15(12)21(18,19)17-14-4-5-14/h1-3,9,12,14-15,17H,4-8,10H2/t12-,15-/m0/s1. The van der Waals surface area contributed by atoms with Gasteiger partial charge in [0.2, 0.25) is 10.0 Å². The molecule has 21 heavy (non-hydrogen) atoms. The topological polar surface area (TPSA) is 55.4 Å². The molecule has 1 aliphatic heterocycles. The minimum Gasteiger partial charge on any atom is -0.381 e. The van der Waals surface area contributed by atoms with E-state index in [4.69, 9.17) is 4.74 Å². The maximum Gasteiger partial charge on any atom is 0.215 e. The molecule has 1 aliphatic carbocycles. The van der Waals surface area contributed by atoms with Gasteiger partial charge in [-0.1, -0.05) is 12.1 Å². The Morgan fingerprint density at radius 3 is 2.81 bits per heavy atom. The van der Waals surface area contributed by atoms with Gasteiger partial charge in [0, 0.05) is 18.6 Å². The van der Waals surface area contributed by atoms with Gasteiger partial charge < -0.3 is 4.74 Å². The summed E-state index contributed by atoms with van der Waals surface area (Å²) in [5.41, 5.74) is 0.817. The third kappa shape index (κ3) is 3.81. The van der Waals surface area contributed by atoms with Crippen molar-refractivity contribution in [3.8, 4) is 0 Å². The van der Waals surface area contributed by atoms with Crippen LogP contribution in [0.25, 0.3) is 0 Å². The first-order chi connectivity index (χ1) is 10.0. The lowest BCUT2D eigenvalue weighted by Crippen LogP contribution is -2.45. The summed E-state index contributed by atoms with van der Waals surface area (Å²) >= 11 is 0. The molecule has 1 N–H and O–H groups in total. The lowest BCUT2D eigenvalue weighted by atomic mass is 9.93. The van der Waals surface area contributed by atoms with Gasteiger partial charge in [-0.25, -0.2) is 17.5 Å². The van der Waals surface area contributed by atoms with E-state index in [0.29, 0.717) is 26.1 Å². The average Bonchev–Trinajstić information content (AvgIpc) is 3.22. The maximum absolute atomic E-state index is 13.3. The Kier molecular flexibility index (Phi) is 4.28. The van der Waals surface area contributed by atoms with E-state index in [9.17, 15) is 12.8 Å². The molecule has 0 spiro atoms. The molecule has 1 aromatic carbocycles. The summed E-state index contributed by atoms with van der Waals surface area (Å²) < 4.78 is 46.4. The fourth-order valence-corrected chi connectivity index (χ4v) is 4.83. The molecule has 0 aromatic heterocycles. The average molecular weight is 313 g/mol. The molecule has 1 heterocycles. The number of sulfonamides is 1. The molecule has 0 radical (unpaired) electrons. The van der Waals surface area contributed by atoms with E-state index in [-0.39, 0.29) is 17.8 Å². The number of ether oxygens (including phenoxy) is 1. The Bertz CT molecular complexity index is 601. The quantitative estimate of drug-likeness (QED) is 0.902. The first-order valence-electron chi connectivity index (χ1n) is 7.38. The monoisotopic (exact) mass is 313 g/mol. The zero-order chi connectivity index (χ0) is 14.9. The SMILES string of the molecule is O=S(=O)(NC1CC1)[C@H]1CCOC[C@@H]1Cc1cccc(F)c1. The van der Waals surface area contributed by atoms with E-state index < -0.39 is 15.3 Å². The Hall–Kier alpha value is -0.980. The second-order valence-corrected chi connectivity index (χ2v) is 7.86. The summed E-state index contributed by atoms with van der Waals surface area (Å²) in [7, 11) is -3.32. The summed E-state index contributed by atoms with van der Waals surface area (Å²) in [6.07, 6.45) is 2.88. The predicted octanol–water partition coefficient (Wildman–Crippen LogP) is 1.86. The molecule has 116 valence electrons. The number of hydrogen-bond acceptors (Lipinski definition) is 3. The molecule has 0 unspecified atom stereocenters. The smallest absolute Gasteiger partial charge is 0.215 e. The van der Waals surface area contributed by atoms with Crippen molar-refractivity contribution < 1.29 is 17.5 Å². The van der Waals surface area contributed by atoms with Crippen molar-refractivity contribution in [2.75, 3.05) is 13.2 Å². The fraction of sp³-hybridized carbons (Fsp3) is 0.600. The van der Waals surface area contributed by atoms with Gasteiger partial charge in [0.05, 0.1) is 11.9 Å². The van der Waals surface area contributed by atoms with E-state index in [0.717, 1.165) is 18.4 Å². The molecule has 4 nitrogen and oxygen atoms in total. The molecular weight excluding hydrogens is 293 g/mol. The number of benzene rings is 1. The summed E-state index contributed by atoms with van der Waals surface area (Å²) in [5.74, 6) is -0.420. The Balaban J connectivity index is 1.74. The van der Waals surface area contributed by atoms with Crippen LogP contribution in [0.5, 0.6) is 0 Å². The molecule has 0 bridgehead atoms. The third-order valence-corrected chi connectivity index (χ3v) is 6.18. The van der Waals surface area contributed by atoms with Crippen molar-refractivity contribution in [1.82, 2.24) is 4.72 Å². The second kappa shape index (κ2) is 6.02. The van der Waals surface area contributed by atoms with Crippen LogP contribution in [0.15, 0.2) is 24.3 Å². The van der Waals surface area contributed by atoms with Crippen LogP contribution in [0.2, 0.25) is 0 Å². The van der Waals surface area contributed by atoms with Crippen molar-refractivity contribution in [2.24, 2.45) is 5.92 Å². The van der Waals surface area contributed by atoms with Crippen molar-refractivity contribution in [3.63, 3.8) is 0 Å². The lowest BCUT2D eigenvalue weighted by molar-refractivity contribution is 0.0570. The number of nitrogens with one attached hydrogen (secondary N) is 1. The summed E-state index contributed by atoms with van der Waals surface area (Å²) in [4.78, 5) is 0. The highest BCUT2D eigenvalue weighted by Gasteiger charge is 2.39. The number of rotatable bonds is 5. The van der Waals surface area contributed by atoms with Crippen molar-refractivity contribution >= 4 is 10.0 Å². The molecule has 1 saturated carbocycles. The van der Waals surface area contributed by atoms with Crippen LogP contribution in [-0.2, 0) is 21.2 Å². The molecule has 2 fully saturated rings. The van der Waals surface area contributed by atoms with Crippen LogP contribution in [-0.4, -0.2) is 32.9 Å². The van der Waals surface area contributed by atoms with E-state index in [1.54, 1.807) is 6.07 Å². The first kappa shape index (κ1) is 14.9.